The molecule has 77 heavy (non-hydrogen) atoms. The summed E-state index contributed by atoms with van der Waals surface area (Å²) in [6.07, 6.45) is 78.6. The van der Waals surface area contributed by atoms with Crippen molar-refractivity contribution in [3.05, 3.63) is 0 Å². The van der Waals surface area contributed by atoms with Crippen molar-refractivity contribution in [3.63, 3.8) is 0 Å². The minimum Gasteiger partial charge on any atom is -0.462 e. The van der Waals surface area contributed by atoms with Gasteiger partial charge in [-0.15, -0.1) is 0 Å². The van der Waals surface area contributed by atoms with Gasteiger partial charge in [0.2, 0.25) is 0 Å². The quantitative estimate of drug-likeness (QED) is 0.0343. The van der Waals surface area contributed by atoms with Gasteiger partial charge in [-0.25, -0.2) is 0 Å². The molecule has 6 heteroatoms. The van der Waals surface area contributed by atoms with Crippen LogP contribution in [-0.4, -0.2) is 37.2 Å². The SMILES string of the molecule is CCCCCCCCCCCCCCCCCCCCCCCCCCCCCCCCCC(=O)OCC(COC(=O)CCCCCCCCCCCCCC)OC(=O)CCCCCCCCCCCCCCCCCC. The third kappa shape index (κ3) is 65.1. The fourth-order valence-electron chi connectivity index (χ4n) is 11.3. The van der Waals surface area contributed by atoms with Gasteiger partial charge in [-0.3, -0.25) is 14.4 Å². The summed E-state index contributed by atoms with van der Waals surface area (Å²) in [5.41, 5.74) is 0. The van der Waals surface area contributed by atoms with Crippen LogP contribution in [0.4, 0.5) is 0 Å². The molecule has 0 saturated heterocycles. The predicted octanol–water partition coefficient (Wildman–Crippen LogP) is 24.2. The molecule has 0 N–H and O–H groups in total. The molecule has 458 valence electrons. The maximum absolute atomic E-state index is 12.9. The third-order valence-electron chi connectivity index (χ3n) is 16.6. The van der Waals surface area contributed by atoms with E-state index in [0.29, 0.717) is 19.3 Å². The second kappa shape index (κ2) is 66.9. The Morgan fingerprint density at radius 3 is 0.519 bits per heavy atom. The molecule has 0 radical (unpaired) electrons. The molecule has 0 amide bonds. The van der Waals surface area contributed by atoms with E-state index in [-0.39, 0.29) is 31.1 Å². The maximum atomic E-state index is 12.9. The fraction of sp³-hybridized carbons (Fsp3) is 0.958. The summed E-state index contributed by atoms with van der Waals surface area (Å²) in [5, 5.41) is 0. The highest BCUT2D eigenvalue weighted by molar-refractivity contribution is 5.71. The molecule has 0 aliphatic heterocycles. The lowest BCUT2D eigenvalue weighted by Crippen LogP contribution is -2.30. The minimum atomic E-state index is -0.762. The second-order valence-electron chi connectivity index (χ2n) is 24.5. The molecule has 0 spiro atoms. The molecule has 0 aromatic rings. The van der Waals surface area contributed by atoms with Crippen LogP contribution in [0.1, 0.15) is 419 Å². The molecule has 0 aromatic carbocycles. The first-order valence-corrected chi connectivity index (χ1v) is 35.5. The van der Waals surface area contributed by atoms with Crippen LogP contribution in [0, 0.1) is 0 Å². The van der Waals surface area contributed by atoms with Gasteiger partial charge in [-0.2, -0.15) is 0 Å². The Bertz CT molecular complexity index is 1160. The number of carbonyl (C=O) groups excluding carboxylic acids is 3. The summed E-state index contributed by atoms with van der Waals surface area (Å²) < 4.78 is 17.0. The lowest BCUT2D eigenvalue weighted by molar-refractivity contribution is -0.167. The first kappa shape index (κ1) is 75.4. The van der Waals surface area contributed by atoms with Gasteiger partial charge in [0.1, 0.15) is 13.2 Å². The van der Waals surface area contributed by atoms with Crippen molar-refractivity contribution in [2.24, 2.45) is 0 Å². The van der Waals surface area contributed by atoms with Gasteiger partial charge in [0, 0.05) is 19.3 Å². The van der Waals surface area contributed by atoms with Gasteiger partial charge in [0.25, 0.3) is 0 Å². The van der Waals surface area contributed by atoms with E-state index in [4.69, 9.17) is 14.2 Å². The molecular formula is C71H138O6. The summed E-state index contributed by atoms with van der Waals surface area (Å²) in [4.78, 5) is 38.3. The molecule has 0 heterocycles. The number of hydrogen-bond acceptors (Lipinski definition) is 6. The molecule has 0 aromatic heterocycles. The molecule has 1 unspecified atom stereocenters. The standard InChI is InChI=1S/C71H138O6/c1-4-7-10-13-16-19-22-25-27-29-30-31-32-33-34-35-36-37-38-39-40-41-42-43-45-46-49-52-55-58-61-64-70(73)76-67-68(66-75-69(72)63-60-57-54-51-48-24-21-18-15-12-9-6-3)77-71(74)65-62-59-56-53-50-47-44-28-26-23-20-17-14-11-8-5-2/h68H,4-67H2,1-3H3. The van der Waals surface area contributed by atoms with Gasteiger partial charge < -0.3 is 14.2 Å². The Morgan fingerprint density at radius 2 is 0.351 bits per heavy atom. The summed E-state index contributed by atoms with van der Waals surface area (Å²) >= 11 is 0. The molecule has 1 atom stereocenters. The number of carbonyl (C=O) groups is 3. The van der Waals surface area contributed by atoms with Crippen molar-refractivity contribution >= 4 is 17.9 Å². The highest BCUT2D eigenvalue weighted by Crippen LogP contribution is 2.19. The zero-order chi connectivity index (χ0) is 55.7. The van der Waals surface area contributed by atoms with Crippen molar-refractivity contribution in [1.82, 2.24) is 0 Å². The summed E-state index contributed by atoms with van der Waals surface area (Å²) in [7, 11) is 0. The number of unbranched alkanes of at least 4 members (excludes halogenated alkanes) is 56. The Balaban J connectivity index is 4.06. The highest BCUT2D eigenvalue weighted by Gasteiger charge is 2.19. The van der Waals surface area contributed by atoms with E-state index in [1.165, 1.54) is 321 Å². The Kier molecular flexibility index (Phi) is 65.5. The van der Waals surface area contributed by atoms with Crippen LogP contribution in [0.25, 0.3) is 0 Å². The van der Waals surface area contributed by atoms with E-state index in [1.54, 1.807) is 0 Å². The van der Waals surface area contributed by atoms with Crippen molar-refractivity contribution in [1.29, 1.82) is 0 Å². The molecule has 0 aliphatic carbocycles. The topological polar surface area (TPSA) is 78.9 Å². The van der Waals surface area contributed by atoms with E-state index in [0.717, 1.165) is 57.8 Å². The molecule has 0 aliphatic rings. The van der Waals surface area contributed by atoms with Crippen LogP contribution in [-0.2, 0) is 28.6 Å². The van der Waals surface area contributed by atoms with E-state index in [2.05, 4.69) is 20.8 Å². The third-order valence-corrected chi connectivity index (χ3v) is 16.6. The molecule has 0 rings (SSSR count). The molecule has 6 nitrogen and oxygen atoms in total. The van der Waals surface area contributed by atoms with Gasteiger partial charge in [-0.05, 0) is 19.3 Å². The van der Waals surface area contributed by atoms with Gasteiger partial charge in [0.15, 0.2) is 6.10 Å². The van der Waals surface area contributed by atoms with Crippen LogP contribution in [0.15, 0.2) is 0 Å². The second-order valence-corrected chi connectivity index (χ2v) is 24.5. The Labute approximate surface area is 482 Å². The van der Waals surface area contributed by atoms with E-state index < -0.39 is 6.10 Å². The van der Waals surface area contributed by atoms with Gasteiger partial charge in [-0.1, -0.05) is 380 Å². The van der Waals surface area contributed by atoms with Crippen LogP contribution in [0.3, 0.4) is 0 Å². The van der Waals surface area contributed by atoms with Crippen LogP contribution in [0.2, 0.25) is 0 Å². The summed E-state index contributed by atoms with van der Waals surface area (Å²) in [6.45, 7) is 6.73. The number of hydrogen-bond donors (Lipinski definition) is 0. The zero-order valence-electron chi connectivity index (χ0n) is 52.8. The average Bonchev–Trinajstić information content (AvgIpc) is 3.43. The van der Waals surface area contributed by atoms with Crippen molar-refractivity contribution in [2.75, 3.05) is 13.2 Å². The first-order chi connectivity index (χ1) is 38.0. The fourth-order valence-corrected chi connectivity index (χ4v) is 11.3. The number of ether oxygens (including phenoxy) is 3. The van der Waals surface area contributed by atoms with Crippen molar-refractivity contribution in [2.45, 2.75) is 425 Å². The number of esters is 3. The van der Waals surface area contributed by atoms with Crippen LogP contribution >= 0.6 is 0 Å². The normalized spacial score (nSPS) is 11.9. The molecule has 0 saturated carbocycles. The smallest absolute Gasteiger partial charge is 0.306 e. The largest absolute Gasteiger partial charge is 0.462 e. The highest BCUT2D eigenvalue weighted by atomic mass is 16.6. The van der Waals surface area contributed by atoms with Crippen molar-refractivity contribution < 1.29 is 28.6 Å². The molecule has 0 bridgehead atoms. The zero-order valence-corrected chi connectivity index (χ0v) is 52.8. The monoisotopic (exact) mass is 1090 g/mol. The lowest BCUT2D eigenvalue weighted by atomic mass is 10.0. The average molecular weight is 1090 g/mol. The summed E-state index contributed by atoms with van der Waals surface area (Å²) in [6, 6.07) is 0. The molecular weight excluding hydrogens is 949 g/mol. The maximum Gasteiger partial charge on any atom is 0.306 e. The van der Waals surface area contributed by atoms with E-state index >= 15 is 0 Å². The van der Waals surface area contributed by atoms with Crippen LogP contribution < -0.4 is 0 Å². The van der Waals surface area contributed by atoms with E-state index in [1.807, 2.05) is 0 Å². The van der Waals surface area contributed by atoms with E-state index in [9.17, 15) is 14.4 Å². The first-order valence-electron chi connectivity index (χ1n) is 35.5. The number of rotatable bonds is 67. The summed E-state index contributed by atoms with van der Waals surface area (Å²) in [5.74, 6) is -0.824. The molecule has 0 fully saturated rings. The Morgan fingerprint density at radius 1 is 0.208 bits per heavy atom. The predicted molar refractivity (Wildman–Crippen MR) is 335 cm³/mol. The lowest BCUT2D eigenvalue weighted by Gasteiger charge is -2.18. The minimum absolute atomic E-state index is 0.0605. The Hall–Kier alpha value is -1.59. The van der Waals surface area contributed by atoms with Crippen LogP contribution in [0.5, 0.6) is 0 Å². The van der Waals surface area contributed by atoms with Gasteiger partial charge in [0.05, 0.1) is 0 Å². The van der Waals surface area contributed by atoms with Crippen molar-refractivity contribution in [3.8, 4) is 0 Å². The van der Waals surface area contributed by atoms with Gasteiger partial charge >= 0.3 is 17.9 Å².